The highest BCUT2D eigenvalue weighted by atomic mass is 19.1. The number of nitrogens with zero attached hydrogens (tertiary/aromatic N) is 1. The third-order valence-corrected chi connectivity index (χ3v) is 3.87. The van der Waals surface area contributed by atoms with Crippen LogP contribution in [0.25, 0.3) is 0 Å². The summed E-state index contributed by atoms with van der Waals surface area (Å²) in [5.74, 6) is 0.445. The second kappa shape index (κ2) is 5.70. The van der Waals surface area contributed by atoms with Crippen LogP contribution < -0.4 is 10.2 Å². The SMILES string of the molecule is CCC1CNC(C(C)C)CN1c1cccc(F)c1. The molecular weight excluding hydrogens is 227 g/mol. The fourth-order valence-electron chi connectivity index (χ4n) is 2.61. The Hall–Kier alpha value is -1.09. The molecule has 0 saturated carbocycles. The summed E-state index contributed by atoms with van der Waals surface area (Å²) < 4.78 is 13.4. The molecule has 1 heterocycles. The lowest BCUT2D eigenvalue weighted by Crippen LogP contribution is -2.58. The topological polar surface area (TPSA) is 15.3 Å². The van der Waals surface area contributed by atoms with Crippen molar-refractivity contribution in [3.8, 4) is 0 Å². The number of benzene rings is 1. The molecule has 1 aromatic carbocycles. The molecule has 2 atom stereocenters. The van der Waals surface area contributed by atoms with E-state index in [2.05, 4.69) is 31.0 Å². The van der Waals surface area contributed by atoms with Crippen LogP contribution in [0.5, 0.6) is 0 Å². The van der Waals surface area contributed by atoms with Crippen molar-refractivity contribution in [1.82, 2.24) is 5.32 Å². The molecule has 1 aliphatic heterocycles. The van der Waals surface area contributed by atoms with Crippen LogP contribution in [0.15, 0.2) is 24.3 Å². The zero-order chi connectivity index (χ0) is 13.1. The Morgan fingerprint density at radius 2 is 2.22 bits per heavy atom. The van der Waals surface area contributed by atoms with Crippen molar-refractivity contribution in [2.75, 3.05) is 18.0 Å². The van der Waals surface area contributed by atoms with Crippen molar-refractivity contribution in [3.63, 3.8) is 0 Å². The van der Waals surface area contributed by atoms with Crippen LogP contribution in [0.2, 0.25) is 0 Å². The van der Waals surface area contributed by atoms with Crippen LogP contribution >= 0.6 is 0 Å². The molecule has 1 saturated heterocycles. The number of hydrogen-bond acceptors (Lipinski definition) is 2. The standard InChI is InChI=1S/C15H23FN2/c1-4-13-9-17-15(11(2)3)10-18(13)14-7-5-6-12(16)8-14/h5-8,11,13,15,17H,4,9-10H2,1-3H3. The van der Waals surface area contributed by atoms with Crippen molar-refractivity contribution in [2.24, 2.45) is 5.92 Å². The molecule has 0 radical (unpaired) electrons. The first-order valence-corrected chi connectivity index (χ1v) is 6.87. The van der Waals surface area contributed by atoms with Gasteiger partial charge in [-0.05, 0) is 30.5 Å². The zero-order valence-electron chi connectivity index (χ0n) is 11.5. The Kier molecular flexibility index (Phi) is 4.23. The number of anilines is 1. The van der Waals surface area contributed by atoms with Crippen molar-refractivity contribution in [3.05, 3.63) is 30.1 Å². The number of halogens is 1. The van der Waals surface area contributed by atoms with Gasteiger partial charge in [0.1, 0.15) is 5.82 Å². The summed E-state index contributed by atoms with van der Waals surface area (Å²) >= 11 is 0. The van der Waals surface area contributed by atoms with Crippen molar-refractivity contribution < 1.29 is 4.39 Å². The molecule has 18 heavy (non-hydrogen) atoms. The van der Waals surface area contributed by atoms with Gasteiger partial charge in [0.15, 0.2) is 0 Å². The monoisotopic (exact) mass is 250 g/mol. The number of hydrogen-bond donors (Lipinski definition) is 1. The second-order valence-corrected chi connectivity index (χ2v) is 5.45. The maximum Gasteiger partial charge on any atom is 0.125 e. The second-order valence-electron chi connectivity index (χ2n) is 5.45. The highest BCUT2D eigenvalue weighted by Crippen LogP contribution is 2.23. The van der Waals surface area contributed by atoms with E-state index in [9.17, 15) is 4.39 Å². The normalized spacial score (nSPS) is 24.6. The summed E-state index contributed by atoms with van der Waals surface area (Å²) in [7, 11) is 0. The minimum absolute atomic E-state index is 0.151. The molecule has 1 aliphatic rings. The first-order valence-electron chi connectivity index (χ1n) is 6.87. The maximum atomic E-state index is 13.4. The van der Waals surface area contributed by atoms with Gasteiger partial charge in [0, 0.05) is 30.9 Å². The smallest absolute Gasteiger partial charge is 0.125 e. The Morgan fingerprint density at radius 1 is 1.44 bits per heavy atom. The number of rotatable bonds is 3. The van der Waals surface area contributed by atoms with E-state index in [1.807, 2.05) is 6.07 Å². The number of piperazine rings is 1. The predicted octanol–water partition coefficient (Wildman–Crippen LogP) is 3.04. The summed E-state index contributed by atoms with van der Waals surface area (Å²) in [4.78, 5) is 2.35. The lowest BCUT2D eigenvalue weighted by atomic mass is 9.98. The fraction of sp³-hybridized carbons (Fsp3) is 0.600. The summed E-state index contributed by atoms with van der Waals surface area (Å²) in [5, 5.41) is 3.60. The van der Waals surface area contributed by atoms with Gasteiger partial charge in [0.05, 0.1) is 0 Å². The van der Waals surface area contributed by atoms with E-state index in [0.717, 1.165) is 25.2 Å². The molecule has 0 aromatic heterocycles. The Morgan fingerprint density at radius 3 is 2.83 bits per heavy atom. The van der Waals surface area contributed by atoms with Crippen LogP contribution in [0.1, 0.15) is 27.2 Å². The van der Waals surface area contributed by atoms with Gasteiger partial charge in [-0.1, -0.05) is 26.8 Å². The molecular formula is C15H23FN2. The minimum Gasteiger partial charge on any atom is -0.366 e. The molecule has 0 spiro atoms. The van der Waals surface area contributed by atoms with Gasteiger partial charge >= 0.3 is 0 Å². The van der Waals surface area contributed by atoms with Crippen LogP contribution in [0.4, 0.5) is 10.1 Å². The molecule has 2 rings (SSSR count). The van der Waals surface area contributed by atoms with Crippen LogP contribution in [-0.2, 0) is 0 Å². The molecule has 2 unspecified atom stereocenters. The van der Waals surface area contributed by atoms with Gasteiger partial charge in [-0.15, -0.1) is 0 Å². The summed E-state index contributed by atoms with van der Waals surface area (Å²) in [6.07, 6.45) is 1.08. The molecule has 3 heteroatoms. The van der Waals surface area contributed by atoms with Gasteiger partial charge < -0.3 is 10.2 Å². The van der Waals surface area contributed by atoms with Crippen LogP contribution in [0.3, 0.4) is 0 Å². The third kappa shape index (κ3) is 2.83. The van der Waals surface area contributed by atoms with Gasteiger partial charge in [-0.3, -0.25) is 0 Å². The Bertz CT molecular complexity index is 392. The van der Waals surface area contributed by atoms with Gasteiger partial charge in [-0.25, -0.2) is 4.39 Å². The van der Waals surface area contributed by atoms with E-state index in [4.69, 9.17) is 0 Å². The Balaban J connectivity index is 2.20. The average molecular weight is 250 g/mol. The molecule has 0 bridgehead atoms. The van der Waals surface area contributed by atoms with E-state index < -0.39 is 0 Å². The highest BCUT2D eigenvalue weighted by Gasteiger charge is 2.28. The molecule has 1 N–H and O–H groups in total. The van der Waals surface area contributed by atoms with E-state index in [-0.39, 0.29) is 5.82 Å². The first-order chi connectivity index (χ1) is 8.61. The lowest BCUT2D eigenvalue weighted by Gasteiger charge is -2.43. The number of nitrogens with one attached hydrogen (secondary N) is 1. The van der Waals surface area contributed by atoms with Crippen molar-refractivity contribution >= 4 is 5.69 Å². The third-order valence-electron chi connectivity index (χ3n) is 3.87. The molecule has 1 fully saturated rings. The summed E-state index contributed by atoms with van der Waals surface area (Å²) in [5.41, 5.74) is 1.01. The first kappa shape index (κ1) is 13.3. The van der Waals surface area contributed by atoms with Crippen LogP contribution in [-0.4, -0.2) is 25.2 Å². The minimum atomic E-state index is -0.151. The summed E-state index contributed by atoms with van der Waals surface area (Å²) in [6.45, 7) is 8.59. The molecule has 0 amide bonds. The Labute approximate surface area is 109 Å². The molecule has 100 valence electrons. The van der Waals surface area contributed by atoms with E-state index in [1.54, 1.807) is 12.1 Å². The maximum absolute atomic E-state index is 13.4. The molecule has 0 aliphatic carbocycles. The van der Waals surface area contributed by atoms with E-state index >= 15 is 0 Å². The van der Waals surface area contributed by atoms with Crippen LogP contribution in [0, 0.1) is 11.7 Å². The highest BCUT2D eigenvalue weighted by molar-refractivity contribution is 5.48. The van der Waals surface area contributed by atoms with Crippen molar-refractivity contribution in [1.29, 1.82) is 0 Å². The quantitative estimate of drug-likeness (QED) is 0.887. The average Bonchev–Trinajstić information content (AvgIpc) is 2.38. The largest absolute Gasteiger partial charge is 0.366 e. The van der Waals surface area contributed by atoms with Gasteiger partial charge in [0.25, 0.3) is 0 Å². The fourth-order valence-corrected chi connectivity index (χ4v) is 2.61. The molecule has 2 nitrogen and oxygen atoms in total. The van der Waals surface area contributed by atoms with Gasteiger partial charge in [-0.2, -0.15) is 0 Å². The van der Waals surface area contributed by atoms with E-state index in [1.165, 1.54) is 6.07 Å². The van der Waals surface area contributed by atoms with Gasteiger partial charge in [0.2, 0.25) is 0 Å². The van der Waals surface area contributed by atoms with Crippen molar-refractivity contribution in [2.45, 2.75) is 39.3 Å². The van der Waals surface area contributed by atoms with E-state index in [0.29, 0.717) is 18.0 Å². The summed E-state index contributed by atoms with van der Waals surface area (Å²) in [6, 6.07) is 7.90. The lowest BCUT2D eigenvalue weighted by molar-refractivity contribution is 0.325. The predicted molar refractivity (Wildman–Crippen MR) is 74.5 cm³/mol. The zero-order valence-corrected chi connectivity index (χ0v) is 11.5. The molecule has 1 aromatic rings.